The van der Waals surface area contributed by atoms with Gasteiger partial charge in [-0.3, -0.25) is 15.0 Å². The van der Waals surface area contributed by atoms with Crippen LogP contribution < -0.4 is 4.43 Å². The van der Waals surface area contributed by atoms with Gasteiger partial charge in [0, 0.05) is 40.0 Å². The number of hydrogen-bond donors (Lipinski definition) is 2. The van der Waals surface area contributed by atoms with Crippen molar-refractivity contribution in [2.45, 2.75) is 52.8 Å². The number of phenolic OH excluding ortho intramolecular Hbond substituents is 2. The number of benzene rings is 5. The van der Waals surface area contributed by atoms with E-state index in [1.807, 2.05) is 36.4 Å². The second-order valence-electron chi connectivity index (χ2n) is 11.9. The molecule has 2 N–H and O–H groups in total. The fourth-order valence-electron chi connectivity index (χ4n) is 5.64. The van der Waals surface area contributed by atoms with E-state index in [1.54, 1.807) is 48.8 Å². The van der Waals surface area contributed by atoms with Crippen LogP contribution in [0, 0.1) is 13.8 Å². The molecule has 1 aromatic heterocycles. The van der Waals surface area contributed by atoms with Gasteiger partial charge in [0.2, 0.25) is 0 Å². The van der Waals surface area contributed by atoms with Gasteiger partial charge in [0.25, 0.3) is 8.32 Å². The van der Waals surface area contributed by atoms with Gasteiger partial charge in [0.15, 0.2) is 0 Å². The summed E-state index contributed by atoms with van der Waals surface area (Å²) in [5.74, 6) is 1.42. The second-order valence-corrected chi connectivity index (χ2v) is 16.6. The lowest BCUT2D eigenvalue weighted by molar-refractivity contribution is 0.474. The topological polar surface area (TPSA) is 87.3 Å². The van der Waals surface area contributed by atoms with Crippen molar-refractivity contribution in [3.63, 3.8) is 0 Å². The minimum Gasteiger partial charge on any atom is -0.543 e. The normalized spacial score (nSPS) is 11.7. The zero-order chi connectivity index (χ0) is 34.1. The van der Waals surface area contributed by atoms with Gasteiger partial charge in [-0.15, -0.1) is 0 Å². The molecule has 0 saturated heterocycles. The Bertz CT molecular complexity index is 2000. The first kappa shape index (κ1) is 34.1. The molecule has 48 heavy (non-hydrogen) atoms. The van der Waals surface area contributed by atoms with Crippen molar-refractivity contribution in [1.29, 1.82) is 0 Å². The summed E-state index contributed by atoms with van der Waals surface area (Å²) >= 11 is 0. The number of aliphatic imine (C=N–C) groups is 2. The van der Waals surface area contributed by atoms with Crippen LogP contribution in [0.5, 0.6) is 17.2 Å². The number of aromatic nitrogens is 1. The molecule has 0 aliphatic heterocycles. The molecule has 1 heterocycles. The summed E-state index contributed by atoms with van der Waals surface area (Å²) in [6.07, 6.45) is 3.20. The van der Waals surface area contributed by atoms with Crippen molar-refractivity contribution in [2.24, 2.45) is 9.98 Å². The number of nitrogens with zero attached hydrogens (tertiary/aromatic N) is 3. The Labute approximate surface area is 284 Å². The third-order valence-electron chi connectivity index (χ3n) is 8.82. The maximum Gasteiger partial charge on any atom is 0.250 e. The molecule has 0 fully saturated rings. The average molecular weight is 654 g/mol. The number of aromatic hydroxyl groups is 2. The average Bonchev–Trinajstić information content (AvgIpc) is 3.11. The van der Waals surface area contributed by atoms with Crippen LogP contribution in [-0.2, 0) is 0 Å². The molecular weight excluding hydrogens is 611 g/mol. The number of para-hydroxylation sites is 4. The van der Waals surface area contributed by atoms with Crippen molar-refractivity contribution >= 4 is 53.8 Å². The Balaban J connectivity index is 0.000000188. The predicted octanol–water partition coefficient (Wildman–Crippen LogP) is 11.0. The largest absolute Gasteiger partial charge is 0.543 e. The molecule has 6 nitrogen and oxygen atoms in total. The fourth-order valence-corrected chi connectivity index (χ4v) is 8.26. The first-order valence-corrected chi connectivity index (χ1v) is 19.0. The Morgan fingerprint density at radius 2 is 1.10 bits per heavy atom. The first-order valence-electron chi connectivity index (χ1n) is 16.5. The van der Waals surface area contributed by atoms with E-state index >= 15 is 0 Å². The van der Waals surface area contributed by atoms with Gasteiger partial charge < -0.3 is 14.6 Å². The minimum atomic E-state index is -1.74. The Kier molecular flexibility index (Phi) is 11.0. The van der Waals surface area contributed by atoms with Gasteiger partial charge in [-0.05, 0) is 85.4 Å². The molecule has 0 aliphatic carbocycles. The minimum absolute atomic E-state index is 0.177. The number of aryl methyl sites for hydroxylation is 2. The van der Waals surface area contributed by atoms with Crippen LogP contribution in [0.15, 0.2) is 119 Å². The van der Waals surface area contributed by atoms with Crippen molar-refractivity contribution in [2.75, 3.05) is 0 Å². The molecule has 0 saturated carbocycles. The van der Waals surface area contributed by atoms with Crippen LogP contribution in [0.3, 0.4) is 0 Å². The second kappa shape index (κ2) is 15.5. The van der Waals surface area contributed by atoms with Crippen molar-refractivity contribution in [3.8, 4) is 17.2 Å². The van der Waals surface area contributed by atoms with Gasteiger partial charge in [-0.1, -0.05) is 87.5 Å². The van der Waals surface area contributed by atoms with E-state index in [9.17, 15) is 10.2 Å². The third kappa shape index (κ3) is 7.81. The summed E-state index contributed by atoms with van der Waals surface area (Å²) in [4.78, 5) is 13.7. The standard InChI is InChI=1S/C21H27NOSi.C20H16N2O2/c1-6-24(7-2,8-3)23-21-15(4)9-11-17-13-14-18-12-10-16(5)22-20(18)19(17)21;23-19-11-5-1-7-15(19)13-21-17-9-3-4-10-18(17)22-14-16-8-2-6-12-20(16)24/h9-14H,6-8H2,1-5H3;1-14,23-24H. The Morgan fingerprint density at radius 1 is 0.625 bits per heavy atom. The van der Waals surface area contributed by atoms with Crippen LogP contribution >= 0.6 is 0 Å². The molecule has 0 bridgehead atoms. The van der Waals surface area contributed by atoms with Crippen LogP contribution in [-0.4, -0.2) is 35.9 Å². The molecule has 244 valence electrons. The summed E-state index contributed by atoms with van der Waals surface area (Å²) in [5, 5.41) is 23.2. The fraction of sp³-hybridized carbons (Fsp3) is 0.195. The van der Waals surface area contributed by atoms with Gasteiger partial charge >= 0.3 is 0 Å². The Hall–Kier alpha value is -5.27. The van der Waals surface area contributed by atoms with Crippen LogP contribution in [0.2, 0.25) is 18.1 Å². The number of pyridine rings is 1. The molecule has 7 heteroatoms. The SMILES string of the molecule is CC[Si](CC)(CC)Oc1c(C)ccc2ccc3ccc(C)nc3c12.Oc1ccccc1C=Nc1ccccc1N=Cc1ccccc1O. The maximum absolute atomic E-state index is 9.79. The summed E-state index contributed by atoms with van der Waals surface area (Å²) in [5.41, 5.74) is 5.95. The molecule has 0 aliphatic rings. The zero-order valence-corrected chi connectivity index (χ0v) is 29.3. The molecule has 5 aromatic carbocycles. The lowest BCUT2D eigenvalue weighted by Crippen LogP contribution is -2.39. The molecule has 0 radical (unpaired) electrons. The van der Waals surface area contributed by atoms with Crippen LogP contribution in [0.1, 0.15) is 43.2 Å². The van der Waals surface area contributed by atoms with Crippen molar-refractivity contribution in [3.05, 3.63) is 132 Å². The van der Waals surface area contributed by atoms with E-state index in [1.165, 1.54) is 21.7 Å². The van der Waals surface area contributed by atoms with Gasteiger partial charge in [-0.25, -0.2) is 0 Å². The zero-order valence-electron chi connectivity index (χ0n) is 28.3. The first-order chi connectivity index (χ1) is 23.3. The molecular formula is C41H43N3O3Si. The highest BCUT2D eigenvalue weighted by atomic mass is 28.4. The highest BCUT2D eigenvalue weighted by Crippen LogP contribution is 2.38. The van der Waals surface area contributed by atoms with E-state index < -0.39 is 8.32 Å². The van der Waals surface area contributed by atoms with Gasteiger partial charge in [0.1, 0.15) is 17.2 Å². The lowest BCUT2D eigenvalue weighted by atomic mass is 10.0. The smallest absolute Gasteiger partial charge is 0.250 e. The summed E-state index contributed by atoms with van der Waals surface area (Å²) in [6.45, 7) is 11.0. The number of hydrogen-bond acceptors (Lipinski definition) is 6. The summed E-state index contributed by atoms with van der Waals surface area (Å²) in [7, 11) is -1.74. The Morgan fingerprint density at radius 3 is 1.65 bits per heavy atom. The van der Waals surface area contributed by atoms with Crippen LogP contribution in [0.4, 0.5) is 11.4 Å². The molecule has 0 amide bonds. The molecule has 0 unspecified atom stereocenters. The van der Waals surface area contributed by atoms with Crippen molar-refractivity contribution in [1.82, 2.24) is 4.98 Å². The molecule has 0 spiro atoms. The van der Waals surface area contributed by atoms with Gasteiger partial charge in [-0.2, -0.15) is 0 Å². The van der Waals surface area contributed by atoms with E-state index in [4.69, 9.17) is 9.41 Å². The van der Waals surface area contributed by atoms with E-state index in [2.05, 4.69) is 81.0 Å². The lowest BCUT2D eigenvalue weighted by Gasteiger charge is -2.30. The van der Waals surface area contributed by atoms with Gasteiger partial charge in [0.05, 0.1) is 16.9 Å². The predicted molar refractivity (Wildman–Crippen MR) is 204 cm³/mol. The quantitative estimate of drug-likeness (QED) is 0.0923. The maximum atomic E-state index is 9.79. The summed E-state index contributed by atoms with van der Waals surface area (Å²) in [6, 6.07) is 37.8. The van der Waals surface area contributed by atoms with Crippen molar-refractivity contribution < 1.29 is 14.6 Å². The number of phenols is 2. The van der Waals surface area contributed by atoms with E-state index in [0.717, 1.165) is 35.1 Å². The molecule has 6 rings (SSSR count). The van der Waals surface area contributed by atoms with Crippen LogP contribution in [0.25, 0.3) is 21.7 Å². The van der Waals surface area contributed by atoms with E-state index in [0.29, 0.717) is 22.5 Å². The highest BCUT2D eigenvalue weighted by Gasteiger charge is 2.32. The number of fused-ring (bicyclic) bond motifs is 3. The molecule has 6 aromatic rings. The van der Waals surface area contributed by atoms with E-state index in [-0.39, 0.29) is 11.5 Å². The summed E-state index contributed by atoms with van der Waals surface area (Å²) < 4.78 is 6.84. The monoisotopic (exact) mass is 653 g/mol. The third-order valence-corrected chi connectivity index (χ3v) is 13.3. The highest BCUT2D eigenvalue weighted by molar-refractivity contribution is 6.74. The number of rotatable bonds is 9. The molecule has 0 atom stereocenters.